The minimum atomic E-state index is -3.09. The molecule has 20 heavy (non-hydrogen) atoms. The lowest BCUT2D eigenvalue weighted by molar-refractivity contribution is -0.0660. The second-order valence-electron chi connectivity index (χ2n) is 6.97. The predicted octanol–water partition coefficient (Wildman–Crippen LogP) is 0.505. The van der Waals surface area contributed by atoms with Gasteiger partial charge in [-0.05, 0) is 44.6 Å². The summed E-state index contributed by atoms with van der Waals surface area (Å²) < 4.78 is 25.0. The summed E-state index contributed by atoms with van der Waals surface area (Å²) in [6.45, 7) is 4.38. The van der Waals surface area contributed by atoms with Crippen LogP contribution in [0.2, 0.25) is 0 Å². The summed E-state index contributed by atoms with van der Waals surface area (Å²) in [7, 11) is -3.09. The van der Waals surface area contributed by atoms with Gasteiger partial charge in [0, 0.05) is 32.1 Å². The third kappa shape index (κ3) is 2.89. The van der Waals surface area contributed by atoms with E-state index in [9.17, 15) is 13.5 Å². The molecule has 3 aliphatic heterocycles. The minimum absolute atomic E-state index is 0.315. The molecule has 0 radical (unpaired) electrons. The SMILES string of the molecule is CS(=O)(=O)N1CCCC(CC2(O)CCN3CCC2C3)C1. The fourth-order valence-corrected chi connectivity index (χ4v) is 5.24. The average molecular weight is 302 g/mol. The van der Waals surface area contributed by atoms with Gasteiger partial charge in [-0.25, -0.2) is 12.7 Å². The molecule has 6 heteroatoms. The summed E-state index contributed by atoms with van der Waals surface area (Å²) >= 11 is 0. The van der Waals surface area contributed by atoms with Crippen molar-refractivity contribution in [3.8, 4) is 0 Å². The number of hydrogen-bond donors (Lipinski definition) is 1. The molecule has 0 saturated carbocycles. The van der Waals surface area contributed by atoms with Gasteiger partial charge in [0.1, 0.15) is 0 Å². The molecule has 3 fully saturated rings. The Morgan fingerprint density at radius 3 is 2.75 bits per heavy atom. The summed E-state index contributed by atoms with van der Waals surface area (Å²) in [6, 6.07) is 0. The molecule has 3 aliphatic rings. The zero-order valence-corrected chi connectivity index (χ0v) is 13.1. The second-order valence-corrected chi connectivity index (χ2v) is 8.96. The Hall–Kier alpha value is -0.170. The average Bonchev–Trinajstić information content (AvgIpc) is 2.80. The van der Waals surface area contributed by atoms with Crippen molar-refractivity contribution in [3.63, 3.8) is 0 Å². The van der Waals surface area contributed by atoms with Crippen molar-refractivity contribution in [1.82, 2.24) is 9.21 Å². The molecule has 0 spiro atoms. The Labute approximate surface area is 122 Å². The van der Waals surface area contributed by atoms with Gasteiger partial charge < -0.3 is 10.0 Å². The van der Waals surface area contributed by atoms with Gasteiger partial charge in [0.05, 0.1) is 11.9 Å². The minimum Gasteiger partial charge on any atom is -0.389 e. The van der Waals surface area contributed by atoms with Crippen LogP contribution in [-0.2, 0) is 10.0 Å². The summed E-state index contributed by atoms with van der Waals surface area (Å²) in [6.07, 6.45) is 5.98. The van der Waals surface area contributed by atoms with E-state index in [0.29, 0.717) is 24.9 Å². The lowest BCUT2D eigenvalue weighted by Gasteiger charge is -2.42. The Bertz CT molecular complexity index is 467. The van der Waals surface area contributed by atoms with Crippen LogP contribution in [0.4, 0.5) is 0 Å². The van der Waals surface area contributed by atoms with Crippen molar-refractivity contribution < 1.29 is 13.5 Å². The van der Waals surface area contributed by atoms with Crippen LogP contribution in [0.1, 0.15) is 32.1 Å². The summed E-state index contributed by atoms with van der Waals surface area (Å²) in [4.78, 5) is 2.43. The molecule has 0 aromatic carbocycles. The number of nitrogens with zero attached hydrogens (tertiary/aromatic N) is 2. The van der Waals surface area contributed by atoms with E-state index in [4.69, 9.17) is 0 Å². The van der Waals surface area contributed by atoms with E-state index in [-0.39, 0.29) is 0 Å². The monoisotopic (exact) mass is 302 g/mol. The maximum atomic E-state index is 11.7. The van der Waals surface area contributed by atoms with Crippen LogP contribution in [0.5, 0.6) is 0 Å². The lowest BCUT2D eigenvalue weighted by Crippen LogP contribution is -2.49. The van der Waals surface area contributed by atoms with Crippen molar-refractivity contribution in [3.05, 3.63) is 0 Å². The van der Waals surface area contributed by atoms with Crippen molar-refractivity contribution in [2.24, 2.45) is 11.8 Å². The number of rotatable bonds is 3. The van der Waals surface area contributed by atoms with Crippen LogP contribution in [-0.4, -0.2) is 67.3 Å². The molecule has 0 amide bonds. The van der Waals surface area contributed by atoms with Crippen molar-refractivity contribution in [2.75, 3.05) is 39.0 Å². The van der Waals surface area contributed by atoms with Gasteiger partial charge in [0.25, 0.3) is 0 Å². The largest absolute Gasteiger partial charge is 0.389 e. The second kappa shape index (κ2) is 5.23. The summed E-state index contributed by atoms with van der Waals surface area (Å²) in [5.74, 6) is 0.709. The van der Waals surface area contributed by atoms with Crippen molar-refractivity contribution >= 4 is 10.0 Å². The lowest BCUT2D eigenvalue weighted by atomic mass is 9.74. The van der Waals surface area contributed by atoms with E-state index in [2.05, 4.69) is 4.90 Å². The molecule has 0 aromatic rings. The van der Waals surface area contributed by atoms with Gasteiger partial charge >= 0.3 is 0 Å². The third-order valence-corrected chi connectivity index (χ3v) is 6.76. The molecule has 2 bridgehead atoms. The van der Waals surface area contributed by atoms with E-state index in [0.717, 1.165) is 51.7 Å². The van der Waals surface area contributed by atoms with Gasteiger partial charge in [-0.2, -0.15) is 0 Å². The Kier molecular flexibility index (Phi) is 3.86. The summed E-state index contributed by atoms with van der Waals surface area (Å²) in [5, 5.41) is 11.0. The first-order valence-corrected chi connectivity index (χ1v) is 9.61. The van der Waals surface area contributed by atoms with E-state index in [1.807, 2.05) is 0 Å². The quantitative estimate of drug-likeness (QED) is 0.825. The molecule has 3 heterocycles. The Balaban J connectivity index is 1.65. The maximum Gasteiger partial charge on any atom is 0.211 e. The molecule has 3 rings (SSSR count). The fraction of sp³-hybridized carbons (Fsp3) is 1.00. The molecule has 4 unspecified atom stereocenters. The zero-order valence-electron chi connectivity index (χ0n) is 12.3. The van der Waals surface area contributed by atoms with Crippen LogP contribution >= 0.6 is 0 Å². The zero-order chi connectivity index (χ0) is 14.4. The van der Waals surface area contributed by atoms with E-state index >= 15 is 0 Å². The molecule has 5 nitrogen and oxygen atoms in total. The molecule has 116 valence electrons. The van der Waals surface area contributed by atoms with Gasteiger partial charge in [-0.15, -0.1) is 0 Å². The van der Waals surface area contributed by atoms with Crippen LogP contribution in [0.25, 0.3) is 0 Å². The van der Waals surface area contributed by atoms with E-state index in [1.54, 1.807) is 4.31 Å². The maximum absolute atomic E-state index is 11.7. The predicted molar refractivity (Wildman–Crippen MR) is 77.9 cm³/mol. The van der Waals surface area contributed by atoms with Gasteiger partial charge in [0.15, 0.2) is 0 Å². The van der Waals surface area contributed by atoms with Crippen LogP contribution in [0.3, 0.4) is 0 Å². The van der Waals surface area contributed by atoms with Crippen LogP contribution < -0.4 is 0 Å². The number of aliphatic hydroxyl groups is 1. The third-order valence-electron chi connectivity index (χ3n) is 5.49. The van der Waals surface area contributed by atoms with Crippen LogP contribution in [0.15, 0.2) is 0 Å². The molecule has 3 saturated heterocycles. The fourth-order valence-electron chi connectivity index (χ4n) is 4.29. The Morgan fingerprint density at radius 1 is 1.20 bits per heavy atom. The van der Waals surface area contributed by atoms with Gasteiger partial charge in [0.2, 0.25) is 10.0 Å². The highest BCUT2D eigenvalue weighted by molar-refractivity contribution is 7.88. The highest BCUT2D eigenvalue weighted by atomic mass is 32.2. The normalized spacial score (nSPS) is 42.8. The molecular weight excluding hydrogens is 276 g/mol. The molecule has 4 atom stereocenters. The van der Waals surface area contributed by atoms with E-state index in [1.165, 1.54) is 6.26 Å². The van der Waals surface area contributed by atoms with Crippen LogP contribution in [0, 0.1) is 11.8 Å². The highest BCUT2D eigenvalue weighted by Crippen LogP contribution is 2.41. The Morgan fingerprint density at radius 2 is 2.00 bits per heavy atom. The number of sulfonamides is 1. The van der Waals surface area contributed by atoms with Crippen molar-refractivity contribution in [1.29, 1.82) is 0 Å². The van der Waals surface area contributed by atoms with Crippen molar-refractivity contribution in [2.45, 2.75) is 37.7 Å². The molecule has 1 N–H and O–H groups in total. The van der Waals surface area contributed by atoms with Gasteiger partial charge in [-0.1, -0.05) is 0 Å². The molecular formula is C14H26N2O3S. The smallest absolute Gasteiger partial charge is 0.211 e. The highest BCUT2D eigenvalue weighted by Gasteiger charge is 2.46. The first-order chi connectivity index (χ1) is 9.37. The van der Waals surface area contributed by atoms with E-state index < -0.39 is 15.6 Å². The number of fused-ring (bicyclic) bond motifs is 2. The molecule has 0 aromatic heterocycles. The first-order valence-electron chi connectivity index (χ1n) is 7.77. The first kappa shape index (κ1) is 14.8. The number of hydrogen-bond acceptors (Lipinski definition) is 4. The number of piperidine rings is 2. The topological polar surface area (TPSA) is 60.9 Å². The standard InChI is InChI=1S/C14H26N2O3S/c1-20(18,19)16-6-2-3-12(10-16)9-14(17)5-8-15-7-4-13(14)11-15/h12-13,17H,2-11H2,1H3. The molecule has 0 aliphatic carbocycles. The van der Waals surface area contributed by atoms with Gasteiger partial charge in [-0.3, -0.25) is 0 Å². The summed E-state index contributed by atoms with van der Waals surface area (Å²) in [5.41, 5.74) is -0.557.